The summed E-state index contributed by atoms with van der Waals surface area (Å²) in [6.45, 7) is 2.66. The number of benzene rings is 1. The van der Waals surface area contributed by atoms with Gasteiger partial charge in [-0.25, -0.2) is 15.0 Å². The van der Waals surface area contributed by atoms with Gasteiger partial charge in [-0.3, -0.25) is 9.36 Å². The summed E-state index contributed by atoms with van der Waals surface area (Å²) < 4.78 is 12.4. The third-order valence-electron chi connectivity index (χ3n) is 5.15. The molecule has 0 radical (unpaired) electrons. The Kier molecular flexibility index (Phi) is 6.11. The highest BCUT2D eigenvalue weighted by molar-refractivity contribution is 5.92. The molecule has 1 fully saturated rings. The lowest BCUT2D eigenvalue weighted by Crippen LogP contribution is -2.48. The third kappa shape index (κ3) is 4.66. The molecule has 0 atom stereocenters. The van der Waals surface area contributed by atoms with Crippen LogP contribution in [0.2, 0.25) is 0 Å². The molecule has 31 heavy (non-hydrogen) atoms. The van der Waals surface area contributed by atoms with Crippen molar-refractivity contribution in [2.24, 2.45) is 0 Å². The van der Waals surface area contributed by atoms with Crippen molar-refractivity contribution in [2.45, 2.75) is 0 Å². The molecular formula is C22H24N6O3. The normalized spacial score (nSPS) is 14.1. The van der Waals surface area contributed by atoms with Gasteiger partial charge in [0.1, 0.15) is 24.3 Å². The van der Waals surface area contributed by atoms with Crippen LogP contribution >= 0.6 is 0 Å². The Labute approximate surface area is 180 Å². The van der Waals surface area contributed by atoms with Crippen molar-refractivity contribution in [2.75, 3.05) is 45.3 Å². The number of piperazine rings is 1. The van der Waals surface area contributed by atoms with E-state index in [4.69, 9.17) is 9.47 Å². The first-order valence-electron chi connectivity index (χ1n) is 9.92. The van der Waals surface area contributed by atoms with E-state index in [0.29, 0.717) is 37.7 Å². The molecule has 1 amide bonds. The highest BCUT2D eigenvalue weighted by atomic mass is 16.5. The lowest BCUT2D eigenvalue weighted by molar-refractivity contribution is -0.126. The van der Waals surface area contributed by atoms with Gasteiger partial charge in [0.05, 0.1) is 14.2 Å². The fourth-order valence-corrected chi connectivity index (χ4v) is 3.43. The summed E-state index contributed by atoms with van der Waals surface area (Å²) in [6.07, 6.45) is 10.2. The molecule has 2 aromatic heterocycles. The number of ether oxygens (including phenoxy) is 2. The number of imidazole rings is 1. The zero-order chi connectivity index (χ0) is 21.6. The number of methoxy groups -OCH3 is 2. The lowest BCUT2D eigenvalue weighted by atomic mass is 10.2. The number of nitrogens with zero attached hydrogens (tertiary/aromatic N) is 6. The maximum atomic E-state index is 12.6. The van der Waals surface area contributed by atoms with E-state index in [0.717, 1.165) is 17.2 Å². The average Bonchev–Trinajstić information content (AvgIpc) is 3.37. The van der Waals surface area contributed by atoms with E-state index in [-0.39, 0.29) is 5.91 Å². The summed E-state index contributed by atoms with van der Waals surface area (Å²) in [4.78, 5) is 29.4. The van der Waals surface area contributed by atoms with E-state index in [9.17, 15) is 4.79 Å². The highest BCUT2D eigenvalue weighted by Gasteiger charge is 2.21. The minimum atomic E-state index is -0.0174. The van der Waals surface area contributed by atoms with Crippen LogP contribution in [-0.4, -0.2) is 70.7 Å². The van der Waals surface area contributed by atoms with Gasteiger partial charge < -0.3 is 19.3 Å². The first-order chi connectivity index (χ1) is 15.2. The first-order valence-corrected chi connectivity index (χ1v) is 9.92. The van der Waals surface area contributed by atoms with Gasteiger partial charge in [-0.1, -0.05) is 6.07 Å². The van der Waals surface area contributed by atoms with Crippen LogP contribution < -0.4 is 14.4 Å². The molecule has 0 N–H and O–H groups in total. The van der Waals surface area contributed by atoms with Crippen molar-refractivity contribution < 1.29 is 14.3 Å². The van der Waals surface area contributed by atoms with Gasteiger partial charge in [-0.05, 0) is 23.8 Å². The lowest BCUT2D eigenvalue weighted by Gasteiger charge is -2.35. The zero-order valence-corrected chi connectivity index (χ0v) is 17.5. The first kappa shape index (κ1) is 20.4. The molecule has 9 nitrogen and oxygen atoms in total. The average molecular weight is 420 g/mol. The number of aromatic nitrogens is 4. The van der Waals surface area contributed by atoms with E-state index in [1.54, 1.807) is 45.2 Å². The van der Waals surface area contributed by atoms with Crippen LogP contribution in [0.5, 0.6) is 11.5 Å². The Morgan fingerprint density at radius 1 is 1.00 bits per heavy atom. The summed E-state index contributed by atoms with van der Waals surface area (Å²) in [6, 6.07) is 7.47. The SMILES string of the molecule is COc1ccc(/C=C/C(=O)N2CCN(c3cc(-n4ccnc4)ncn3)CC2)cc1OC. The number of carbonyl (C=O) groups excluding carboxylic acids is 1. The van der Waals surface area contributed by atoms with Crippen molar-refractivity contribution in [3.63, 3.8) is 0 Å². The Hall–Kier alpha value is -3.88. The second kappa shape index (κ2) is 9.29. The highest BCUT2D eigenvalue weighted by Crippen LogP contribution is 2.28. The number of anilines is 1. The molecule has 160 valence electrons. The van der Waals surface area contributed by atoms with Crippen molar-refractivity contribution in [1.29, 1.82) is 0 Å². The molecule has 0 spiro atoms. The van der Waals surface area contributed by atoms with Crippen LogP contribution in [0.25, 0.3) is 11.9 Å². The summed E-state index contributed by atoms with van der Waals surface area (Å²) in [5.74, 6) is 2.87. The van der Waals surface area contributed by atoms with E-state index < -0.39 is 0 Å². The van der Waals surface area contributed by atoms with Gasteiger partial charge in [0.25, 0.3) is 0 Å². The van der Waals surface area contributed by atoms with Crippen molar-refractivity contribution >= 4 is 17.8 Å². The number of carbonyl (C=O) groups is 1. The van der Waals surface area contributed by atoms with Crippen molar-refractivity contribution in [3.8, 4) is 17.3 Å². The van der Waals surface area contributed by atoms with Crippen LogP contribution in [0.15, 0.2) is 55.4 Å². The maximum Gasteiger partial charge on any atom is 0.246 e. The smallest absolute Gasteiger partial charge is 0.246 e. The minimum absolute atomic E-state index is 0.0174. The molecule has 4 rings (SSSR count). The van der Waals surface area contributed by atoms with Gasteiger partial charge in [0.2, 0.25) is 5.91 Å². The fourth-order valence-electron chi connectivity index (χ4n) is 3.43. The second-order valence-electron chi connectivity index (χ2n) is 6.96. The minimum Gasteiger partial charge on any atom is -0.493 e. The Morgan fingerprint density at radius 2 is 1.77 bits per heavy atom. The monoisotopic (exact) mass is 420 g/mol. The molecule has 1 aliphatic rings. The number of hydrogen-bond donors (Lipinski definition) is 0. The Balaban J connectivity index is 1.36. The number of rotatable bonds is 6. The van der Waals surface area contributed by atoms with Crippen molar-refractivity contribution in [3.05, 3.63) is 61.0 Å². The molecule has 1 saturated heterocycles. The molecule has 0 bridgehead atoms. The Bertz CT molecular complexity index is 1060. The molecule has 1 aromatic carbocycles. The van der Waals surface area contributed by atoms with Crippen molar-refractivity contribution in [1.82, 2.24) is 24.4 Å². The quantitative estimate of drug-likeness (QED) is 0.564. The van der Waals surface area contributed by atoms with Gasteiger partial charge in [-0.2, -0.15) is 0 Å². The van der Waals surface area contributed by atoms with Crippen LogP contribution in [-0.2, 0) is 4.79 Å². The molecular weight excluding hydrogens is 396 g/mol. The van der Waals surface area contributed by atoms with E-state index in [1.165, 1.54) is 0 Å². The summed E-state index contributed by atoms with van der Waals surface area (Å²) >= 11 is 0. The summed E-state index contributed by atoms with van der Waals surface area (Å²) in [5.41, 5.74) is 0.873. The topological polar surface area (TPSA) is 85.6 Å². The van der Waals surface area contributed by atoms with Gasteiger partial charge >= 0.3 is 0 Å². The van der Waals surface area contributed by atoms with Crippen LogP contribution in [0.3, 0.4) is 0 Å². The Morgan fingerprint density at radius 3 is 2.48 bits per heavy atom. The molecule has 0 unspecified atom stereocenters. The number of amides is 1. The largest absolute Gasteiger partial charge is 0.493 e. The molecule has 3 heterocycles. The molecule has 3 aromatic rings. The zero-order valence-electron chi connectivity index (χ0n) is 17.5. The molecule has 9 heteroatoms. The van der Waals surface area contributed by atoms with Gasteiger partial charge in [0, 0.05) is 50.7 Å². The summed E-state index contributed by atoms with van der Waals surface area (Å²) in [7, 11) is 3.18. The van der Waals surface area contributed by atoms with Gasteiger partial charge in [-0.15, -0.1) is 0 Å². The molecule has 1 aliphatic heterocycles. The van der Waals surface area contributed by atoms with E-state index >= 15 is 0 Å². The third-order valence-corrected chi connectivity index (χ3v) is 5.15. The van der Waals surface area contributed by atoms with Crippen LogP contribution in [0.4, 0.5) is 5.82 Å². The van der Waals surface area contributed by atoms with E-state index in [1.807, 2.05) is 39.9 Å². The second-order valence-corrected chi connectivity index (χ2v) is 6.96. The van der Waals surface area contributed by atoms with Gasteiger partial charge in [0.15, 0.2) is 11.5 Å². The maximum absolute atomic E-state index is 12.6. The summed E-state index contributed by atoms with van der Waals surface area (Å²) in [5, 5.41) is 0. The standard InChI is InChI=1S/C22H24N6O3/c1-30-18-5-3-17(13-19(18)31-2)4-6-22(29)27-11-9-26(10-12-27)20-14-21(25-15-24-20)28-8-7-23-16-28/h3-8,13-16H,9-12H2,1-2H3/b6-4+. The van der Waals surface area contributed by atoms with Crippen LogP contribution in [0.1, 0.15) is 5.56 Å². The van der Waals surface area contributed by atoms with Crippen LogP contribution in [0, 0.1) is 0 Å². The predicted molar refractivity (Wildman–Crippen MR) is 117 cm³/mol. The molecule has 0 saturated carbocycles. The van der Waals surface area contributed by atoms with E-state index in [2.05, 4.69) is 19.9 Å². The number of hydrogen-bond acceptors (Lipinski definition) is 7. The molecule has 0 aliphatic carbocycles. The fraction of sp³-hybridized carbons (Fsp3) is 0.273. The predicted octanol–water partition coefficient (Wildman–Crippen LogP) is 2.04.